The molecule has 0 fully saturated rings. The normalized spacial score (nSPS) is 9.26. The summed E-state index contributed by atoms with van der Waals surface area (Å²) in [5.41, 5.74) is 1.73. The molecule has 1 aromatic carbocycles. The van der Waals surface area contributed by atoms with E-state index in [1.165, 1.54) is 14.1 Å². The van der Waals surface area contributed by atoms with Gasteiger partial charge in [-0.2, -0.15) is 5.10 Å². The van der Waals surface area contributed by atoms with Crippen molar-refractivity contribution in [1.29, 1.82) is 5.41 Å². The Balaban J connectivity index is 0. The van der Waals surface area contributed by atoms with Gasteiger partial charge >= 0.3 is 25.2 Å². The summed E-state index contributed by atoms with van der Waals surface area (Å²) in [6, 6.07) is 8.44. The zero-order chi connectivity index (χ0) is 19.0. The second kappa shape index (κ2) is 12.2. The first-order valence-electron chi connectivity index (χ1n) is 6.70. The molecule has 2 rings (SSSR count). The van der Waals surface area contributed by atoms with E-state index in [-0.39, 0.29) is 36.0 Å². The predicted octanol–water partition coefficient (Wildman–Crippen LogP) is -1.63. The van der Waals surface area contributed by atoms with Crippen molar-refractivity contribution in [2.75, 3.05) is 0 Å². The summed E-state index contributed by atoms with van der Waals surface area (Å²) in [7, 11) is 2.69. The standard InChI is InChI=1S/C14H15N5O3.HNO2.H2O.Zn/c1-18-11(15)10(13(21)19(2)14(18)22)8-16-17-12(20)9-6-4-3-5-7-9;2-1-3;;/h3-8,15,21H,1-2H3,(H,17,20);(H,2,3);1H2;/q;;;+2/p-1/b15-11?,16-8+;;;. The molecule has 0 saturated heterocycles. The topological polar surface area (TPSA) is 201 Å². The van der Waals surface area contributed by atoms with Crippen LogP contribution in [0.1, 0.15) is 15.9 Å². The number of amides is 1. The average Bonchev–Trinajstić information content (AvgIpc) is 2.62. The quantitative estimate of drug-likeness (QED) is 0.193. The van der Waals surface area contributed by atoms with Crippen LogP contribution in [0.15, 0.2) is 45.6 Å². The second-order valence-electron chi connectivity index (χ2n) is 4.61. The fourth-order valence-corrected chi connectivity index (χ4v) is 1.80. The summed E-state index contributed by atoms with van der Waals surface area (Å²) in [6.07, 6.45) is 1.06. The molecule has 0 unspecified atom stereocenters. The van der Waals surface area contributed by atoms with E-state index < -0.39 is 17.5 Å². The van der Waals surface area contributed by atoms with Crippen molar-refractivity contribution in [2.45, 2.75) is 0 Å². The first kappa shape index (κ1) is 26.1. The molecular weight excluding hydrogens is 414 g/mol. The number of nitrogens with one attached hydrogen (secondary N) is 2. The van der Waals surface area contributed by atoms with Gasteiger partial charge in [-0.25, -0.2) is 10.2 Å². The third-order valence-corrected chi connectivity index (χ3v) is 3.10. The van der Waals surface area contributed by atoms with Crippen molar-refractivity contribution in [1.82, 2.24) is 14.6 Å². The van der Waals surface area contributed by atoms with Crippen molar-refractivity contribution in [3.8, 4) is 5.88 Å². The maximum atomic E-state index is 11.9. The molecule has 27 heavy (non-hydrogen) atoms. The van der Waals surface area contributed by atoms with E-state index in [2.05, 4.69) is 10.5 Å². The van der Waals surface area contributed by atoms with Gasteiger partial charge in [0.25, 0.3) is 5.91 Å². The summed E-state index contributed by atoms with van der Waals surface area (Å²) in [4.78, 5) is 31.4. The number of aromatic nitrogens is 2. The van der Waals surface area contributed by atoms with E-state index in [1.807, 2.05) is 0 Å². The van der Waals surface area contributed by atoms with Gasteiger partial charge < -0.3 is 25.3 Å². The van der Waals surface area contributed by atoms with Crippen LogP contribution >= 0.6 is 0 Å². The second-order valence-corrected chi connectivity index (χ2v) is 4.61. The predicted molar refractivity (Wildman–Crippen MR) is 91.5 cm³/mol. The molecule has 5 N–H and O–H groups in total. The Hall–Kier alpha value is -3.18. The fourth-order valence-electron chi connectivity index (χ4n) is 1.80. The minimum Gasteiger partial charge on any atom is -0.859 e. The number of nitrogens with zero attached hydrogens (tertiary/aromatic N) is 4. The molecule has 0 aliphatic heterocycles. The van der Waals surface area contributed by atoms with Gasteiger partial charge in [-0.3, -0.25) is 14.8 Å². The molecule has 2 aromatic rings. The van der Waals surface area contributed by atoms with E-state index in [1.54, 1.807) is 30.3 Å². The molecule has 12 nitrogen and oxygen atoms in total. The van der Waals surface area contributed by atoms with Crippen LogP contribution in [0.4, 0.5) is 0 Å². The first-order valence-corrected chi connectivity index (χ1v) is 6.70. The number of carbonyl (C=O) groups excluding carboxylic acids is 1. The molecule has 0 bridgehead atoms. The molecule has 0 saturated carbocycles. The molecule has 1 heterocycles. The summed E-state index contributed by atoms with van der Waals surface area (Å²) < 4.78 is 1.89. The Labute approximate surface area is 165 Å². The monoisotopic (exact) mass is 429 g/mol. The smallest absolute Gasteiger partial charge is 0.859 e. The number of benzene rings is 1. The van der Waals surface area contributed by atoms with Gasteiger partial charge in [0, 0.05) is 25.2 Å². The number of hydrogen-bond acceptors (Lipinski definition) is 8. The summed E-state index contributed by atoms with van der Waals surface area (Å²) >= 11 is 0. The maximum Gasteiger partial charge on any atom is 2.00 e. The van der Waals surface area contributed by atoms with Crippen LogP contribution < -0.4 is 21.7 Å². The number of rotatable bonds is 3. The minimum atomic E-state index is -0.647. The van der Waals surface area contributed by atoms with E-state index in [9.17, 15) is 14.7 Å². The van der Waals surface area contributed by atoms with E-state index in [0.717, 1.165) is 20.7 Å². The van der Waals surface area contributed by atoms with E-state index >= 15 is 0 Å². The van der Waals surface area contributed by atoms with Crippen molar-refractivity contribution in [2.24, 2.45) is 24.5 Å². The number of hydrazone groups is 1. The summed E-state index contributed by atoms with van der Waals surface area (Å²) in [5.74, 6) is -1.09. The maximum absolute atomic E-state index is 11.9. The van der Waals surface area contributed by atoms with Gasteiger partial charge in [0.05, 0.1) is 6.21 Å². The van der Waals surface area contributed by atoms with Crippen LogP contribution in [0.5, 0.6) is 5.88 Å². The third-order valence-electron chi connectivity index (χ3n) is 3.10. The van der Waals surface area contributed by atoms with Gasteiger partial charge in [0.15, 0.2) is 0 Å². The van der Waals surface area contributed by atoms with Gasteiger partial charge in [-0.05, 0) is 18.0 Å². The molecule has 1 aromatic heterocycles. The van der Waals surface area contributed by atoms with Crippen molar-refractivity contribution < 1.29 is 34.9 Å². The Morgan fingerprint density at radius 3 is 2.26 bits per heavy atom. The molecule has 0 aliphatic rings. The Kier molecular flexibility index (Phi) is 11.8. The van der Waals surface area contributed by atoms with Crippen LogP contribution in [0.2, 0.25) is 0 Å². The van der Waals surface area contributed by atoms with E-state index in [4.69, 9.17) is 15.5 Å². The molecule has 0 spiro atoms. The molecule has 140 valence electrons. The molecular formula is C14H17N6O6Zn+. The van der Waals surface area contributed by atoms with Gasteiger partial charge in [-0.1, -0.05) is 18.2 Å². The van der Waals surface area contributed by atoms with Crippen LogP contribution in [0.25, 0.3) is 0 Å². The van der Waals surface area contributed by atoms with Gasteiger partial charge in [0.1, 0.15) is 5.49 Å². The summed E-state index contributed by atoms with van der Waals surface area (Å²) in [6.45, 7) is 0. The fraction of sp³-hybridized carbons (Fsp3) is 0.143. The molecule has 1 amide bonds. The Bertz CT molecular complexity index is 909. The van der Waals surface area contributed by atoms with Crippen LogP contribution in [-0.2, 0) is 39.0 Å². The first-order chi connectivity index (χ1) is 11.8. The van der Waals surface area contributed by atoms with Gasteiger partial charge in [-0.15, -0.1) is 5.34 Å². The minimum absolute atomic E-state index is 0. The summed E-state index contributed by atoms with van der Waals surface area (Å²) in [5, 5.41) is 32.4. The molecule has 0 atom stereocenters. The zero-order valence-electron chi connectivity index (χ0n) is 14.6. The van der Waals surface area contributed by atoms with E-state index in [0.29, 0.717) is 5.56 Å². The molecule has 13 heteroatoms. The van der Waals surface area contributed by atoms with Crippen molar-refractivity contribution >= 4 is 12.1 Å². The van der Waals surface area contributed by atoms with Gasteiger partial charge in [0.2, 0.25) is 0 Å². The SMILES string of the molecule is Cn1c([O-])c(/C=N/NC(=O)c2ccccc2)c(=N)n(C)c1=O.O=N[O-].[OH3+].[Zn+2]. The third kappa shape index (κ3) is 6.57. The van der Waals surface area contributed by atoms with Crippen molar-refractivity contribution in [3.63, 3.8) is 0 Å². The largest absolute Gasteiger partial charge is 2.00 e. The Morgan fingerprint density at radius 1 is 1.22 bits per heavy atom. The molecule has 0 radical (unpaired) electrons. The van der Waals surface area contributed by atoms with Crippen molar-refractivity contribution in [3.05, 3.63) is 67.5 Å². The molecule has 0 aliphatic carbocycles. The van der Waals surface area contributed by atoms with Crippen LogP contribution in [0.3, 0.4) is 0 Å². The number of hydrogen-bond donors (Lipinski definition) is 2. The Morgan fingerprint density at radius 2 is 1.74 bits per heavy atom. The number of carbonyl (C=O) groups is 1. The average molecular weight is 431 g/mol. The zero-order valence-corrected chi connectivity index (χ0v) is 17.5. The van der Waals surface area contributed by atoms with Crippen LogP contribution in [-0.4, -0.2) is 21.3 Å². The van der Waals surface area contributed by atoms with Crippen LogP contribution in [0, 0.1) is 15.5 Å².